The Morgan fingerprint density at radius 1 is 0.882 bits per heavy atom. The van der Waals surface area contributed by atoms with Crippen LogP contribution in [0.5, 0.6) is 0 Å². The topological polar surface area (TPSA) is 52.6 Å². The summed E-state index contributed by atoms with van der Waals surface area (Å²) < 4.78 is 10.4. The molecule has 17 heavy (non-hydrogen) atoms. The van der Waals surface area contributed by atoms with Crippen LogP contribution in [0.2, 0.25) is 0 Å². The predicted molar refractivity (Wildman–Crippen MR) is 65.4 cm³/mol. The Kier molecular flexibility index (Phi) is 6.85. The van der Waals surface area contributed by atoms with Crippen LogP contribution in [0.25, 0.3) is 0 Å². The maximum atomic E-state index is 11.5. The van der Waals surface area contributed by atoms with Gasteiger partial charge in [0.2, 0.25) is 0 Å². The maximum Gasteiger partial charge on any atom is 0.308 e. The molecule has 0 aliphatic heterocycles. The Balaban J connectivity index is 4.26. The highest BCUT2D eigenvalue weighted by Gasteiger charge is 2.22. The van der Waals surface area contributed by atoms with Crippen molar-refractivity contribution in [3.05, 3.63) is 0 Å². The highest BCUT2D eigenvalue weighted by Crippen LogP contribution is 2.11. The Bertz CT molecular complexity index is 256. The van der Waals surface area contributed by atoms with Gasteiger partial charge in [0.25, 0.3) is 0 Å². The molecule has 0 fully saturated rings. The molecule has 0 aromatic carbocycles. The lowest BCUT2D eigenvalue weighted by Crippen LogP contribution is -2.32. The monoisotopic (exact) mass is 244 g/mol. The summed E-state index contributed by atoms with van der Waals surface area (Å²) in [6.07, 6.45) is -0.368. The molecule has 0 aliphatic carbocycles. The smallest absolute Gasteiger partial charge is 0.308 e. The van der Waals surface area contributed by atoms with Crippen molar-refractivity contribution in [2.45, 2.75) is 47.6 Å². The lowest BCUT2D eigenvalue weighted by molar-refractivity contribution is -0.165. The van der Waals surface area contributed by atoms with Crippen molar-refractivity contribution in [3.63, 3.8) is 0 Å². The first-order chi connectivity index (χ1) is 7.75. The molecule has 0 amide bonds. The summed E-state index contributed by atoms with van der Waals surface area (Å²) >= 11 is 0. The van der Waals surface area contributed by atoms with Gasteiger partial charge in [0.15, 0.2) is 0 Å². The van der Waals surface area contributed by atoms with E-state index in [4.69, 9.17) is 9.47 Å². The van der Waals surface area contributed by atoms with Gasteiger partial charge in [-0.2, -0.15) is 0 Å². The molecule has 1 unspecified atom stereocenters. The first-order valence-electron chi connectivity index (χ1n) is 6.12. The molecule has 0 saturated heterocycles. The van der Waals surface area contributed by atoms with Crippen LogP contribution in [0.4, 0.5) is 0 Å². The largest absolute Gasteiger partial charge is 0.462 e. The van der Waals surface area contributed by atoms with Gasteiger partial charge in [0, 0.05) is 0 Å². The predicted octanol–water partition coefficient (Wildman–Crippen LogP) is 2.41. The average molecular weight is 244 g/mol. The minimum atomic E-state index is -0.368. The number of hydrogen-bond donors (Lipinski definition) is 0. The van der Waals surface area contributed by atoms with Crippen LogP contribution >= 0.6 is 0 Å². The Labute approximate surface area is 104 Å². The van der Waals surface area contributed by atoms with E-state index in [-0.39, 0.29) is 42.4 Å². The van der Waals surface area contributed by atoms with Gasteiger partial charge in [-0.1, -0.05) is 41.5 Å². The van der Waals surface area contributed by atoms with Gasteiger partial charge < -0.3 is 9.47 Å². The van der Waals surface area contributed by atoms with E-state index in [1.807, 2.05) is 13.8 Å². The Hall–Kier alpha value is -1.06. The zero-order chi connectivity index (χ0) is 13.6. The third kappa shape index (κ3) is 6.29. The zero-order valence-electron chi connectivity index (χ0n) is 11.6. The maximum absolute atomic E-state index is 11.5. The molecule has 4 heteroatoms. The number of esters is 2. The van der Waals surface area contributed by atoms with Crippen molar-refractivity contribution in [1.29, 1.82) is 0 Å². The van der Waals surface area contributed by atoms with Gasteiger partial charge >= 0.3 is 11.9 Å². The molecule has 0 aromatic heterocycles. The summed E-state index contributed by atoms with van der Waals surface area (Å²) in [4.78, 5) is 22.8. The van der Waals surface area contributed by atoms with Crippen molar-refractivity contribution in [3.8, 4) is 0 Å². The molecule has 0 saturated carbocycles. The molecule has 0 radical (unpaired) electrons. The zero-order valence-corrected chi connectivity index (χ0v) is 11.6. The van der Waals surface area contributed by atoms with Crippen LogP contribution in [-0.4, -0.2) is 24.6 Å². The normalized spacial score (nSPS) is 13.0. The molecule has 0 aliphatic rings. The lowest BCUT2D eigenvalue weighted by Gasteiger charge is -2.22. The highest BCUT2D eigenvalue weighted by atomic mass is 16.6. The fourth-order valence-electron chi connectivity index (χ4n) is 0.979. The number of rotatable bonds is 6. The van der Waals surface area contributed by atoms with Gasteiger partial charge in [-0.25, -0.2) is 0 Å². The second-order valence-electron chi connectivity index (χ2n) is 5.16. The summed E-state index contributed by atoms with van der Waals surface area (Å²) in [5.41, 5.74) is 0. The van der Waals surface area contributed by atoms with E-state index in [0.29, 0.717) is 0 Å². The summed E-state index contributed by atoms with van der Waals surface area (Å²) in [6.45, 7) is 11.1. The summed E-state index contributed by atoms with van der Waals surface area (Å²) in [7, 11) is 0. The van der Waals surface area contributed by atoms with Crippen LogP contribution in [0.3, 0.4) is 0 Å². The van der Waals surface area contributed by atoms with Crippen molar-refractivity contribution in [1.82, 2.24) is 0 Å². The fourth-order valence-corrected chi connectivity index (χ4v) is 0.979. The lowest BCUT2D eigenvalue weighted by atomic mass is 10.1. The molecule has 0 rings (SSSR count). The van der Waals surface area contributed by atoms with E-state index in [0.717, 1.165) is 0 Å². The van der Waals surface area contributed by atoms with Crippen molar-refractivity contribution < 1.29 is 19.1 Å². The quantitative estimate of drug-likeness (QED) is 0.673. The molecule has 1 atom stereocenters. The van der Waals surface area contributed by atoms with Crippen LogP contribution in [0.15, 0.2) is 0 Å². The molecule has 0 bridgehead atoms. The molecule has 0 heterocycles. The van der Waals surface area contributed by atoms with Gasteiger partial charge in [0.1, 0.15) is 12.7 Å². The minimum absolute atomic E-state index is 0.123. The minimum Gasteiger partial charge on any atom is -0.462 e. The van der Waals surface area contributed by atoms with E-state index in [9.17, 15) is 9.59 Å². The van der Waals surface area contributed by atoms with Gasteiger partial charge in [-0.3, -0.25) is 9.59 Å². The van der Waals surface area contributed by atoms with Crippen LogP contribution < -0.4 is 0 Å². The highest BCUT2D eigenvalue weighted by molar-refractivity contribution is 5.72. The van der Waals surface area contributed by atoms with Crippen molar-refractivity contribution in [2.75, 3.05) is 6.61 Å². The van der Waals surface area contributed by atoms with Gasteiger partial charge in [-0.05, 0) is 5.92 Å². The Morgan fingerprint density at radius 2 is 1.35 bits per heavy atom. The molecular weight excluding hydrogens is 220 g/mol. The standard InChI is InChI=1S/C13H24O4/c1-8(2)11(17-13(15)10(5)6)7-16-12(14)9(3)4/h8-11H,7H2,1-6H3. The molecule has 0 spiro atoms. The fraction of sp³-hybridized carbons (Fsp3) is 0.846. The number of carbonyl (C=O) groups is 2. The van der Waals surface area contributed by atoms with E-state index in [1.54, 1.807) is 27.7 Å². The van der Waals surface area contributed by atoms with Crippen molar-refractivity contribution >= 4 is 11.9 Å². The summed E-state index contributed by atoms with van der Waals surface area (Å²) in [5.74, 6) is -0.737. The molecule has 100 valence electrons. The number of carbonyl (C=O) groups excluding carboxylic acids is 2. The first kappa shape index (κ1) is 15.9. The Morgan fingerprint density at radius 3 is 1.71 bits per heavy atom. The van der Waals surface area contributed by atoms with Crippen LogP contribution in [-0.2, 0) is 19.1 Å². The third-order valence-electron chi connectivity index (χ3n) is 2.34. The number of ether oxygens (including phenoxy) is 2. The van der Waals surface area contributed by atoms with Crippen LogP contribution in [0, 0.1) is 17.8 Å². The molecule has 0 aromatic rings. The number of hydrogen-bond acceptors (Lipinski definition) is 4. The summed E-state index contributed by atoms with van der Waals surface area (Å²) in [5, 5.41) is 0. The first-order valence-corrected chi connectivity index (χ1v) is 6.12. The second-order valence-corrected chi connectivity index (χ2v) is 5.16. The van der Waals surface area contributed by atoms with Gasteiger partial charge in [-0.15, -0.1) is 0 Å². The third-order valence-corrected chi connectivity index (χ3v) is 2.34. The second kappa shape index (κ2) is 7.30. The van der Waals surface area contributed by atoms with E-state index in [1.165, 1.54) is 0 Å². The van der Waals surface area contributed by atoms with Crippen molar-refractivity contribution in [2.24, 2.45) is 17.8 Å². The van der Waals surface area contributed by atoms with Gasteiger partial charge in [0.05, 0.1) is 11.8 Å². The molecule has 4 nitrogen and oxygen atoms in total. The van der Waals surface area contributed by atoms with E-state index in [2.05, 4.69) is 0 Å². The summed E-state index contributed by atoms with van der Waals surface area (Å²) in [6, 6.07) is 0. The van der Waals surface area contributed by atoms with Crippen LogP contribution in [0.1, 0.15) is 41.5 Å². The molecule has 0 N–H and O–H groups in total. The van der Waals surface area contributed by atoms with E-state index >= 15 is 0 Å². The molecular formula is C13H24O4. The average Bonchev–Trinajstić information content (AvgIpc) is 2.22. The van der Waals surface area contributed by atoms with E-state index < -0.39 is 0 Å². The SMILES string of the molecule is CC(C)C(=O)OCC(OC(=O)C(C)C)C(C)C.